The Morgan fingerprint density at radius 2 is 2.50 bits per heavy atom. The van der Waals surface area contributed by atoms with E-state index in [-0.39, 0.29) is 0 Å². The Hall–Kier alpha value is -0.170. The van der Waals surface area contributed by atoms with Crippen molar-refractivity contribution in [1.29, 1.82) is 0 Å². The van der Waals surface area contributed by atoms with Crippen LogP contribution in [0, 0.1) is 5.92 Å². The molecule has 0 saturated carbocycles. The second-order valence-electron chi connectivity index (χ2n) is 2.92. The van der Waals surface area contributed by atoms with Gasteiger partial charge in [-0.05, 0) is 35.8 Å². The lowest BCUT2D eigenvalue weighted by Gasteiger charge is -2.25. The van der Waals surface area contributed by atoms with E-state index in [9.17, 15) is 0 Å². The number of hydrogen-bond acceptors (Lipinski definition) is 1. The van der Waals surface area contributed by atoms with E-state index in [4.69, 9.17) is 0 Å². The number of thioether (sulfide) groups is 1. The van der Waals surface area contributed by atoms with Gasteiger partial charge in [-0.15, -0.1) is 11.8 Å². The smallest absolute Gasteiger partial charge is 0.00229 e. The Balaban J connectivity index is 2.14. The molecule has 2 rings (SSSR count). The van der Waals surface area contributed by atoms with Crippen LogP contribution in [0.25, 0.3) is 0 Å². The molecule has 0 N–H and O–H groups in total. The summed E-state index contributed by atoms with van der Waals surface area (Å²) in [5.74, 6) is 2.24. The minimum absolute atomic E-state index is 0.892. The summed E-state index contributed by atoms with van der Waals surface area (Å²) in [6.45, 7) is 0. The average molecular weight is 152 g/mol. The van der Waals surface area contributed by atoms with Gasteiger partial charge in [-0.1, -0.05) is 18.2 Å². The minimum atomic E-state index is 0.892. The van der Waals surface area contributed by atoms with Gasteiger partial charge in [0.2, 0.25) is 0 Å². The summed E-state index contributed by atoms with van der Waals surface area (Å²) >= 11 is 2.06. The van der Waals surface area contributed by atoms with E-state index in [1.165, 1.54) is 25.0 Å². The summed E-state index contributed by atoms with van der Waals surface area (Å²) < 4.78 is 0. The van der Waals surface area contributed by atoms with Crippen LogP contribution in [0.5, 0.6) is 0 Å². The van der Waals surface area contributed by atoms with Gasteiger partial charge in [0.05, 0.1) is 0 Å². The fourth-order valence-electron chi connectivity index (χ4n) is 1.60. The molecule has 1 saturated heterocycles. The van der Waals surface area contributed by atoms with E-state index in [1.807, 2.05) is 0 Å². The summed E-state index contributed by atoms with van der Waals surface area (Å²) in [5, 5.41) is 0. The van der Waals surface area contributed by atoms with Crippen molar-refractivity contribution < 1.29 is 0 Å². The van der Waals surface area contributed by atoms with E-state index >= 15 is 0 Å². The molecular formula is C9H12S. The van der Waals surface area contributed by atoms with Crippen LogP contribution in [0.1, 0.15) is 19.3 Å². The van der Waals surface area contributed by atoms with Gasteiger partial charge in [-0.2, -0.15) is 0 Å². The van der Waals surface area contributed by atoms with Gasteiger partial charge in [0.1, 0.15) is 0 Å². The quantitative estimate of drug-likeness (QED) is 0.514. The molecule has 0 amide bonds. The summed E-state index contributed by atoms with van der Waals surface area (Å²) in [4.78, 5) is 1.63. The Morgan fingerprint density at radius 1 is 1.50 bits per heavy atom. The van der Waals surface area contributed by atoms with Crippen molar-refractivity contribution in [3.63, 3.8) is 0 Å². The first-order chi connectivity index (χ1) is 4.97. The maximum absolute atomic E-state index is 2.29. The van der Waals surface area contributed by atoms with Gasteiger partial charge in [-0.25, -0.2) is 0 Å². The number of fused-ring (bicyclic) bond motifs is 1. The summed E-state index contributed by atoms with van der Waals surface area (Å²) in [6.07, 6.45) is 10.9. The highest BCUT2D eigenvalue weighted by molar-refractivity contribution is 8.03. The number of allylic oxidation sites excluding steroid dienone is 4. The lowest BCUT2D eigenvalue weighted by Crippen LogP contribution is -2.09. The fourth-order valence-corrected chi connectivity index (χ4v) is 2.78. The SMILES string of the molecule is C1=CCC2CCCSC2=C1. The summed E-state index contributed by atoms with van der Waals surface area (Å²) in [5.41, 5.74) is 0. The molecule has 2 aliphatic rings. The zero-order chi connectivity index (χ0) is 6.81. The largest absolute Gasteiger partial charge is 0.130 e. The van der Waals surface area contributed by atoms with Crippen LogP contribution in [0.4, 0.5) is 0 Å². The van der Waals surface area contributed by atoms with E-state index in [0.717, 1.165) is 5.92 Å². The lowest BCUT2D eigenvalue weighted by molar-refractivity contribution is 0.568. The van der Waals surface area contributed by atoms with Crippen LogP contribution in [0.15, 0.2) is 23.1 Å². The molecule has 0 aromatic rings. The Morgan fingerprint density at radius 3 is 3.40 bits per heavy atom. The molecule has 1 heterocycles. The predicted octanol–water partition coefficient (Wildman–Crippen LogP) is 2.97. The van der Waals surface area contributed by atoms with Crippen LogP contribution >= 0.6 is 11.8 Å². The highest BCUT2D eigenvalue weighted by atomic mass is 32.2. The standard InChI is InChI=1S/C9H12S/c1-2-6-9-8(4-1)5-3-7-10-9/h1-2,6,8H,3-5,7H2. The zero-order valence-electron chi connectivity index (χ0n) is 6.05. The van der Waals surface area contributed by atoms with Crippen molar-refractivity contribution in [2.24, 2.45) is 5.92 Å². The maximum Gasteiger partial charge on any atom is -0.00229 e. The third-order valence-corrected chi connectivity index (χ3v) is 3.48. The number of hydrogen-bond donors (Lipinski definition) is 0. The molecular weight excluding hydrogens is 140 g/mol. The minimum Gasteiger partial charge on any atom is -0.130 e. The Kier molecular flexibility index (Phi) is 1.85. The molecule has 1 aliphatic heterocycles. The van der Waals surface area contributed by atoms with Gasteiger partial charge >= 0.3 is 0 Å². The normalized spacial score (nSPS) is 31.2. The zero-order valence-corrected chi connectivity index (χ0v) is 6.86. The lowest BCUT2D eigenvalue weighted by atomic mass is 9.95. The molecule has 0 aromatic heterocycles. The molecule has 0 nitrogen and oxygen atoms in total. The second kappa shape index (κ2) is 2.83. The van der Waals surface area contributed by atoms with E-state index < -0.39 is 0 Å². The van der Waals surface area contributed by atoms with Crippen LogP contribution < -0.4 is 0 Å². The van der Waals surface area contributed by atoms with Crippen LogP contribution in [-0.2, 0) is 0 Å². The molecule has 0 radical (unpaired) electrons. The van der Waals surface area contributed by atoms with Crippen molar-refractivity contribution in [3.05, 3.63) is 23.1 Å². The van der Waals surface area contributed by atoms with Crippen molar-refractivity contribution in [2.75, 3.05) is 5.75 Å². The van der Waals surface area contributed by atoms with Crippen molar-refractivity contribution in [2.45, 2.75) is 19.3 Å². The maximum atomic E-state index is 2.29. The monoisotopic (exact) mass is 152 g/mol. The highest BCUT2D eigenvalue weighted by Crippen LogP contribution is 2.38. The molecule has 1 atom stereocenters. The van der Waals surface area contributed by atoms with Crippen LogP contribution in [0.3, 0.4) is 0 Å². The van der Waals surface area contributed by atoms with Gasteiger partial charge in [0, 0.05) is 0 Å². The summed E-state index contributed by atoms with van der Waals surface area (Å²) in [7, 11) is 0. The highest BCUT2D eigenvalue weighted by Gasteiger charge is 2.18. The van der Waals surface area contributed by atoms with Gasteiger partial charge in [0.25, 0.3) is 0 Å². The fraction of sp³-hybridized carbons (Fsp3) is 0.556. The van der Waals surface area contributed by atoms with Gasteiger partial charge in [0.15, 0.2) is 0 Å². The topological polar surface area (TPSA) is 0 Å². The molecule has 1 heteroatoms. The molecule has 1 fully saturated rings. The second-order valence-corrected chi connectivity index (χ2v) is 4.09. The third-order valence-electron chi connectivity index (χ3n) is 2.19. The molecule has 54 valence electrons. The third kappa shape index (κ3) is 1.15. The van der Waals surface area contributed by atoms with Crippen molar-refractivity contribution in [3.8, 4) is 0 Å². The summed E-state index contributed by atoms with van der Waals surface area (Å²) in [6, 6.07) is 0. The van der Waals surface area contributed by atoms with E-state index in [1.54, 1.807) is 4.91 Å². The Labute approximate surface area is 66.4 Å². The van der Waals surface area contributed by atoms with Gasteiger partial charge < -0.3 is 0 Å². The predicted molar refractivity (Wildman–Crippen MR) is 47.0 cm³/mol. The molecule has 0 aromatic carbocycles. The van der Waals surface area contributed by atoms with Crippen molar-refractivity contribution >= 4 is 11.8 Å². The van der Waals surface area contributed by atoms with Crippen molar-refractivity contribution in [1.82, 2.24) is 0 Å². The van der Waals surface area contributed by atoms with Crippen LogP contribution in [0.2, 0.25) is 0 Å². The van der Waals surface area contributed by atoms with Crippen LogP contribution in [-0.4, -0.2) is 5.75 Å². The molecule has 10 heavy (non-hydrogen) atoms. The first kappa shape index (κ1) is 6.53. The molecule has 0 bridgehead atoms. The van der Waals surface area contributed by atoms with Gasteiger partial charge in [-0.3, -0.25) is 0 Å². The first-order valence-corrected chi connectivity index (χ1v) is 4.95. The molecule has 1 unspecified atom stereocenters. The Bertz CT molecular complexity index is 179. The van der Waals surface area contributed by atoms with E-state index in [2.05, 4.69) is 30.0 Å². The molecule has 0 spiro atoms. The van der Waals surface area contributed by atoms with E-state index in [0.29, 0.717) is 0 Å². The molecule has 1 aliphatic carbocycles. The number of rotatable bonds is 0. The first-order valence-electron chi connectivity index (χ1n) is 3.96. The average Bonchev–Trinajstić information content (AvgIpc) is 2.05.